The molecule has 1 aliphatic rings. The highest BCUT2D eigenvalue weighted by Gasteiger charge is 2.42. The second-order valence-corrected chi connectivity index (χ2v) is 10.6. The van der Waals surface area contributed by atoms with E-state index in [4.69, 9.17) is 33.0 Å². The number of anilines is 2. The summed E-state index contributed by atoms with van der Waals surface area (Å²) in [6, 6.07) is 22.7. The molecule has 0 spiro atoms. The number of carbonyl (C=O) groups excluding carboxylic acids is 1. The van der Waals surface area contributed by atoms with Gasteiger partial charge < -0.3 is 24.7 Å². The van der Waals surface area contributed by atoms with Gasteiger partial charge in [-0.1, -0.05) is 29.4 Å². The van der Waals surface area contributed by atoms with E-state index in [9.17, 15) is 4.79 Å². The van der Waals surface area contributed by atoms with Crippen LogP contribution in [0, 0.1) is 6.92 Å². The topological polar surface area (TPSA) is 79.6 Å². The Morgan fingerprint density at radius 2 is 2.00 bits per heavy atom. The van der Waals surface area contributed by atoms with Crippen LogP contribution in [0.3, 0.4) is 0 Å². The quantitative estimate of drug-likeness (QED) is 0.233. The van der Waals surface area contributed by atoms with Gasteiger partial charge in [0.25, 0.3) is 0 Å². The number of methoxy groups -OCH3 is 1. The van der Waals surface area contributed by atoms with E-state index in [0.717, 1.165) is 32.7 Å². The highest BCUT2D eigenvalue weighted by Crippen LogP contribution is 2.44. The van der Waals surface area contributed by atoms with E-state index in [0.29, 0.717) is 15.8 Å². The molecule has 5 rings (SSSR count). The first kappa shape index (κ1) is 26.2. The molecule has 4 aromatic rings. The van der Waals surface area contributed by atoms with Crippen LogP contribution in [0.25, 0.3) is 0 Å². The van der Waals surface area contributed by atoms with Crippen LogP contribution in [0.15, 0.2) is 93.4 Å². The summed E-state index contributed by atoms with van der Waals surface area (Å²) in [5, 5.41) is 8.32. The molecular formula is C28H25ClN4O3S2. The molecule has 38 heavy (non-hydrogen) atoms. The van der Waals surface area contributed by atoms with E-state index in [2.05, 4.69) is 15.6 Å². The van der Waals surface area contributed by atoms with Gasteiger partial charge in [0.2, 0.25) is 5.91 Å². The molecule has 194 valence electrons. The standard InChI is InChI=1S/C28H25ClN4O3S2/c1-17-15-19(8-11-21(17)31-24(34)16-35-2)33-27(26(32-28(33)37)22-5-3-4-14-30-22)23-12-13-25(36-23)38-20-9-6-18(29)7-10-20/h3-15,26-27H,16H2,1-2H3,(H,31,34)(H,32,37)/t26-,27-/m0/s1. The molecule has 2 N–H and O–H groups in total. The first-order valence-corrected chi connectivity index (χ1v) is 13.5. The molecule has 2 aromatic carbocycles. The van der Waals surface area contributed by atoms with E-state index in [1.54, 1.807) is 6.20 Å². The molecule has 0 saturated carbocycles. The number of halogens is 1. The average molecular weight is 565 g/mol. The van der Waals surface area contributed by atoms with Gasteiger partial charge in [0.15, 0.2) is 10.2 Å². The predicted molar refractivity (Wildman–Crippen MR) is 154 cm³/mol. The number of nitrogens with zero attached hydrogens (tertiary/aromatic N) is 2. The van der Waals surface area contributed by atoms with Gasteiger partial charge in [-0.25, -0.2) is 0 Å². The minimum absolute atomic E-state index is 0.00991. The molecule has 1 fully saturated rings. The van der Waals surface area contributed by atoms with Gasteiger partial charge in [-0.15, -0.1) is 0 Å². The summed E-state index contributed by atoms with van der Waals surface area (Å²) in [6.07, 6.45) is 1.77. The van der Waals surface area contributed by atoms with Crippen molar-refractivity contribution in [2.45, 2.75) is 29.0 Å². The number of hydrogen-bond acceptors (Lipinski definition) is 6. The van der Waals surface area contributed by atoms with Crippen LogP contribution in [-0.2, 0) is 9.53 Å². The fourth-order valence-corrected chi connectivity index (χ4v) is 5.59. The van der Waals surface area contributed by atoms with Gasteiger partial charge in [0.1, 0.15) is 18.4 Å². The monoisotopic (exact) mass is 564 g/mol. The van der Waals surface area contributed by atoms with Crippen molar-refractivity contribution < 1.29 is 13.9 Å². The zero-order valence-corrected chi connectivity index (χ0v) is 23.1. The summed E-state index contributed by atoms with van der Waals surface area (Å²) in [5.41, 5.74) is 3.34. The van der Waals surface area contributed by atoms with E-state index in [1.165, 1.54) is 18.9 Å². The fraction of sp³-hybridized carbons (Fsp3) is 0.179. The molecular weight excluding hydrogens is 540 g/mol. The van der Waals surface area contributed by atoms with Crippen molar-refractivity contribution in [3.63, 3.8) is 0 Å². The van der Waals surface area contributed by atoms with Crippen LogP contribution in [-0.4, -0.2) is 29.7 Å². The number of amides is 1. The van der Waals surface area contributed by atoms with Crippen LogP contribution in [0.1, 0.15) is 29.1 Å². The largest absolute Gasteiger partial charge is 0.452 e. The molecule has 2 aromatic heterocycles. The molecule has 0 unspecified atom stereocenters. The molecule has 3 heterocycles. The molecule has 10 heteroatoms. The number of aryl methyl sites for hydroxylation is 1. The Hall–Kier alpha value is -3.37. The number of carbonyl (C=O) groups is 1. The number of furan rings is 1. The molecule has 1 amide bonds. The van der Waals surface area contributed by atoms with Crippen molar-refractivity contribution in [2.24, 2.45) is 0 Å². The lowest BCUT2D eigenvalue weighted by Crippen LogP contribution is -2.29. The van der Waals surface area contributed by atoms with Gasteiger partial charge >= 0.3 is 0 Å². The second-order valence-electron chi connectivity index (χ2n) is 8.69. The van der Waals surface area contributed by atoms with Crippen molar-refractivity contribution >= 4 is 58.0 Å². The fourth-order valence-electron chi connectivity index (χ4n) is 4.34. The Morgan fingerprint density at radius 3 is 2.71 bits per heavy atom. The highest BCUT2D eigenvalue weighted by atomic mass is 35.5. The zero-order chi connectivity index (χ0) is 26.6. The Balaban J connectivity index is 1.48. The van der Waals surface area contributed by atoms with E-state index >= 15 is 0 Å². The number of thiocarbonyl (C=S) groups is 1. The van der Waals surface area contributed by atoms with E-state index in [-0.39, 0.29) is 24.6 Å². The van der Waals surface area contributed by atoms with Gasteiger partial charge in [-0.3, -0.25) is 9.78 Å². The number of rotatable bonds is 8. The molecule has 0 radical (unpaired) electrons. The molecule has 1 aliphatic heterocycles. The number of ether oxygens (including phenoxy) is 1. The second kappa shape index (κ2) is 11.6. The maximum absolute atomic E-state index is 12.0. The first-order valence-electron chi connectivity index (χ1n) is 11.9. The molecule has 0 bridgehead atoms. The lowest BCUT2D eigenvalue weighted by Gasteiger charge is -2.26. The normalized spacial score (nSPS) is 16.9. The zero-order valence-electron chi connectivity index (χ0n) is 20.7. The van der Waals surface area contributed by atoms with Crippen molar-refractivity contribution in [3.8, 4) is 0 Å². The van der Waals surface area contributed by atoms with Gasteiger partial charge in [0.05, 0.1) is 11.7 Å². The number of aromatic nitrogens is 1. The van der Waals surface area contributed by atoms with Crippen molar-refractivity contribution in [1.82, 2.24) is 10.3 Å². The van der Waals surface area contributed by atoms with E-state index < -0.39 is 0 Å². The Labute approximate surface area is 235 Å². The number of benzene rings is 2. The van der Waals surface area contributed by atoms with Crippen molar-refractivity contribution in [1.29, 1.82) is 0 Å². The average Bonchev–Trinajstić information content (AvgIpc) is 3.51. The van der Waals surface area contributed by atoms with Crippen LogP contribution >= 0.6 is 35.6 Å². The summed E-state index contributed by atoms with van der Waals surface area (Å²) in [7, 11) is 1.49. The maximum atomic E-state index is 12.0. The van der Waals surface area contributed by atoms with Crippen LogP contribution in [0.2, 0.25) is 5.02 Å². The van der Waals surface area contributed by atoms with Gasteiger partial charge in [-0.2, -0.15) is 0 Å². The lowest BCUT2D eigenvalue weighted by atomic mass is 10.0. The van der Waals surface area contributed by atoms with Crippen molar-refractivity contribution in [3.05, 3.63) is 101 Å². The van der Waals surface area contributed by atoms with Crippen LogP contribution in [0.5, 0.6) is 0 Å². The summed E-state index contributed by atoms with van der Waals surface area (Å²) in [4.78, 5) is 19.7. The third-order valence-electron chi connectivity index (χ3n) is 6.06. The molecule has 7 nitrogen and oxygen atoms in total. The van der Waals surface area contributed by atoms with E-state index in [1.807, 2.05) is 84.6 Å². The smallest absolute Gasteiger partial charge is 0.250 e. The predicted octanol–water partition coefficient (Wildman–Crippen LogP) is 6.55. The molecule has 0 aliphatic carbocycles. The number of nitrogens with one attached hydrogen (secondary N) is 2. The summed E-state index contributed by atoms with van der Waals surface area (Å²) in [6.45, 7) is 1.93. The third kappa shape index (κ3) is 5.71. The van der Waals surface area contributed by atoms with Crippen LogP contribution < -0.4 is 15.5 Å². The third-order valence-corrected chi connectivity index (χ3v) is 7.56. The number of hydrogen-bond donors (Lipinski definition) is 2. The Bertz CT molecular complexity index is 1450. The summed E-state index contributed by atoms with van der Waals surface area (Å²) < 4.78 is 11.3. The van der Waals surface area contributed by atoms with Crippen LogP contribution in [0.4, 0.5) is 11.4 Å². The van der Waals surface area contributed by atoms with Gasteiger partial charge in [-0.05, 0) is 91.4 Å². The highest BCUT2D eigenvalue weighted by molar-refractivity contribution is 7.99. The lowest BCUT2D eigenvalue weighted by molar-refractivity contribution is -0.119. The van der Waals surface area contributed by atoms with Gasteiger partial charge in [0, 0.05) is 34.6 Å². The summed E-state index contributed by atoms with van der Waals surface area (Å²) in [5.74, 6) is 0.538. The Morgan fingerprint density at radius 1 is 1.18 bits per heavy atom. The maximum Gasteiger partial charge on any atom is 0.250 e. The Kier molecular flexibility index (Phi) is 7.99. The minimum atomic E-state index is -0.287. The molecule has 1 saturated heterocycles. The molecule has 2 atom stereocenters. The minimum Gasteiger partial charge on any atom is -0.452 e. The number of pyridine rings is 1. The summed E-state index contributed by atoms with van der Waals surface area (Å²) >= 11 is 13.4. The first-order chi connectivity index (χ1) is 18.4. The SMILES string of the molecule is COCC(=O)Nc1ccc(N2C(=S)N[C@@H](c3ccccn3)[C@@H]2c2ccc(Sc3ccc(Cl)cc3)o2)cc1C. The van der Waals surface area contributed by atoms with Crippen molar-refractivity contribution in [2.75, 3.05) is 23.9 Å².